The summed E-state index contributed by atoms with van der Waals surface area (Å²) in [5, 5.41) is 7.26. The summed E-state index contributed by atoms with van der Waals surface area (Å²) in [4.78, 5) is 15.4. The molecular formula is C24H22N3O2S+. The van der Waals surface area contributed by atoms with Crippen LogP contribution in [0.15, 0.2) is 83.8 Å². The Hall–Kier alpha value is -3.51. The van der Waals surface area contributed by atoms with E-state index in [2.05, 4.69) is 22.8 Å². The number of amides is 1. The normalized spacial score (nSPS) is 10.6. The molecule has 150 valence electrons. The fourth-order valence-corrected chi connectivity index (χ4v) is 3.45. The number of carbonyl (C=O) groups is 1. The molecular weight excluding hydrogens is 394 g/mol. The van der Waals surface area contributed by atoms with Gasteiger partial charge in [0.25, 0.3) is 5.91 Å². The molecule has 0 bridgehead atoms. The third-order valence-electron chi connectivity index (χ3n) is 4.83. The Morgan fingerprint density at radius 1 is 1.00 bits per heavy atom. The second-order valence-electron chi connectivity index (χ2n) is 6.98. The Kier molecular flexibility index (Phi) is 5.59. The van der Waals surface area contributed by atoms with E-state index in [0.717, 1.165) is 27.4 Å². The molecule has 0 spiro atoms. The first kappa shape index (κ1) is 19.8. The van der Waals surface area contributed by atoms with Crippen molar-refractivity contribution < 1.29 is 9.53 Å². The van der Waals surface area contributed by atoms with Gasteiger partial charge in [-0.1, -0.05) is 36.4 Å². The Balaban J connectivity index is 1.53. The number of anilines is 1. The highest BCUT2D eigenvalue weighted by molar-refractivity contribution is 7.58. The van der Waals surface area contributed by atoms with Crippen molar-refractivity contribution in [1.29, 1.82) is 0 Å². The van der Waals surface area contributed by atoms with Crippen molar-refractivity contribution in [3.05, 3.63) is 90.0 Å². The number of ether oxygens (including phenoxy) is 1. The number of nitrogens with zero attached hydrogens (tertiary/aromatic N) is 2. The lowest BCUT2D eigenvalue weighted by atomic mass is 10.1. The van der Waals surface area contributed by atoms with Crippen LogP contribution in [-0.4, -0.2) is 23.2 Å². The summed E-state index contributed by atoms with van der Waals surface area (Å²) in [6.45, 7) is 2.05. The van der Waals surface area contributed by atoms with Gasteiger partial charge < -0.3 is 9.64 Å². The lowest BCUT2D eigenvalue weighted by Gasteiger charge is -2.17. The number of hydrogen-bond donors (Lipinski definition) is 1. The van der Waals surface area contributed by atoms with Gasteiger partial charge in [0, 0.05) is 36.0 Å². The molecule has 30 heavy (non-hydrogen) atoms. The molecule has 4 aromatic rings. The van der Waals surface area contributed by atoms with Gasteiger partial charge in [-0.3, -0.25) is 9.89 Å². The number of aromatic nitrogens is 2. The zero-order valence-corrected chi connectivity index (χ0v) is 17.7. The predicted molar refractivity (Wildman–Crippen MR) is 123 cm³/mol. The van der Waals surface area contributed by atoms with Crippen LogP contribution in [0.4, 0.5) is 5.69 Å². The fourth-order valence-electron chi connectivity index (χ4n) is 3.21. The topological polar surface area (TPSA) is 58.2 Å². The highest BCUT2D eigenvalue weighted by Crippen LogP contribution is 2.27. The van der Waals surface area contributed by atoms with Crippen LogP contribution in [0.2, 0.25) is 0 Å². The van der Waals surface area contributed by atoms with Crippen LogP contribution >= 0.6 is 0 Å². The predicted octanol–water partition coefficient (Wildman–Crippen LogP) is 4.82. The van der Waals surface area contributed by atoms with Crippen molar-refractivity contribution in [3.63, 3.8) is 0 Å². The minimum atomic E-state index is -0.125. The highest BCUT2D eigenvalue weighted by atomic mass is 32.1. The van der Waals surface area contributed by atoms with Crippen LogP contribution in [0.5, 0.6) is 11.6 Å². The second-order valence-corrected chi connectivity index (χ2v) is 7.56. The summed E-state index contributed by atoms with van der Waals surface area (Å²) in [5.41, 5.74) is 4.43. The third-order valence-corrected chi connectivity index (χ3v) is 5.14. The monoisotopic (exact) mass is 416 g/mol. The fraction of sp³-hybridized carbons (Fsp3) is 0.0833. The van der Waals surface area contributed by atoms with Gasteiger partial charge in [0.15, 0.2) is 4.90 Å². The first-order valence-corrected chi connectivity index (χ1v) is 10.0. The molecule has 0 saturated heterocycles. The number of carbonyl (C=O) groups excluding carboxylic acids is 1. The molecule has 0 unspecified atom stereocenters. The van der Waals surface area contributed by atoms with Crippen molar-refractivity contribution >= 4 is 24.2 Å². The zero-order valence-electron chi connectivity index (χ0n) is 16.7. The average molecular weight is 417 g/mol. The maximum atomic E-state index is 12.9. The van der Waals surface area contributed by atoms with Gasteiger partial charge in [-0.2, -0.15) is 0 Å². The van der Waals surface area contributed by atoms with E-state index in [1.54, 1.807) is 36.2 Å². The molecule has 6 heteroatoms. The number of rotatable bonds is 5. The van der Waals surface area contributed by atoms with E-state index >= 15 is 0 Å². The molecule has 0 aliphatic heterocycles. The Morgan fingerprint density at radius 2 is 1.80 bits per heavy atom. The van der Waals surface area contributed by atoms with E-state index in [1.807, 2.05) is 61.5 Å². The van der Waals surface area contributed by atoms with Crippen molar-refractivity contribution in [2.24, 2.45) is 0 Å². The smallest absolute Gasteiger partial charge is 0.258 e. The maximum absolute atomic E-state index is 12.9. The van der Waals surface area contributed by atoms with Gasteiger partial charge in [0.2, 0.25) is 5.88 Å². The van der Waals surface area contributed by atoms with E-state index in [0.29, 0.717) is 17.2 Å². The van der Waals surface area contributed by atoms with E-state index in [4.69, 9.17) is 4.74 Å². The van der Waals surface area contributed by atoms with Crippen LogP contribution < -0.4 is 9.64 Å². The van der Waals surface area contributed by atoms with Gasteiger partial charge >= 0.3 is 0 Å². The summed E-state index contributed by atoms with van der Waals surface area (Å²) < 4.78 is 5.89. The van der Waals surface area contributed by atoms with Crippen LogP contribution in [-0.2, 0) is 12.6 Å². The van der Waals surface area contributed by atoms with Gasteiger partial charge in [0.05, 0.1) is 5.69 Å². The van der Waals surface area contributed by atoms with Crippen LogP contribution in [0.3, 0.4) is 0 Å². The Labute approximate surface area is 180 Å². The Bertz CT molecular complexity index is 1200. The lowest BCUT2D eigenvalue weighted by molar-refractivity contribution is 0.0992. The van der Waals surface area contributed by atoms with Gasteiger partial charge in [-0.05, 0) is 55.4 Å². The van der Waals surface area contributed by atoms with Crippen molar-refractivity contribution in [2.45, 2.75) is 11.8 Å². The lowest BCUT2D eigenvalue weighted by Crippen LogP contribution is -2.26. The maximum Gasteiger partial charge on any atom is 0.258 e. The first-order chi connectivity index (χ1) is 14.5. The summed E-state index contributed by atoms with van der Waals surface area (Å²) in [7, 11) is 1.75. The molecule has 1 N–H and O–H groups in total. The minimum Gasteiger partial charge on any atom is -0.438 e. The molecule has 3 aromatic carbocycles. The van der Waals surface area contributed by atoms with Gasteiger partial charge in [-0.15, -0.1) is 5.10 Å². The number of benzene rings is 3. The number of hydrogen-bond acceptors (Lipinski definition) is 3. The molecule has 0 fully saturated rings. The van der Waals surface area contributed by atoms with Crippen molar-refractivity contribution in [1.82, 2.24) is 10.2 Å². The molecule has 5 nitrogen and oxygen atoms in total. The van der Waals surface area contributed by atoms with Crippen molar-refractivity contribution in [2.75, 3.05) is 11.9 Å². The second kappa shape index (κ2) is 8.47. The molecule has 0 aliphatic carbocycles. The minimum absolute atomic E-state index is 0.125. The zero-order chi connectivity index (χ0) is 21.1. The quantitative estimate of drug-likeness (QED) is 0.474. The molecule has 0 radical (unpaired) electrons. The summed E-state index contributed by atoms with van der Waals surface area (Å²) in [5.74, 6) is 0.865. The van der Waals surface area contributed by atoms with E-state index in [9.17, 15) is 4.79 Å². The van der Waals surface area contributed by atoms with Crippen LogP contribution in [0.25, 0.3) is 11.3 Å². The molecule has 4 rings (SSSR count). The van der Waals surface area contributed by atoms with Crippen LogP contribution in [0.1, 0.15) is 15.9 Å². The number of aryl methyl sites for hydroxylation is 1. The number of aromatic amines is 1. The van der Waals surface area contributed by atoms with E-state index in [1.165, 1.54) is 0 Å². The first-order valence-electron chi connectivity index (χ1n) is 9.50. The molecule has 0 aliphatic rings. The molecule has 0 saturated carbocycles. The van der Waals surface area contributed by atoms with Crippen LogP contribution in [0, 0.1) is 6.92 Å². The van der Waals surface area contributed by atoms with E-state index < -0.39 is 0 Å². The van der Waals surface area contributed by atoms with Crippen molar-refractivity contribution in [3.8, 4) is 22.9 Å². The summed E-state index contributed by atoms with van der Waals surface area (Å²) in [6.07, 6.45) is 0. The summed E-state index contributed by atoms with van der Waals surface area (Å²) >= 11 is 3.49. The molecule has 1 amide bonds. The molecule has 0 atom stereocenters. The van der Waals surface area contributed by atoms with Gasteiger partial charge in [0.1, 0.15) is 5.75 Å². The third kappa shape index (κ3) is 4.23. The molecule has 1 aromatic heterocycles. The van der Waals surface area contributed by atoms with E-state index in [-0.39, 0.29) is 5.91 Å². The number of nitrogens with one attached hydrogen (secondary N) is 1. The largest absolute Gasteiger partial charge is 0.438 e. The standard InChI is InChI=1S/C24H21N3O2S/c1-16-7-3-4-12-21(16)22-15-23(26-25-22)29-19-10-5-8-17(13-19)24(28)27(2)18-9-6-11-20(30)14-18/h3-15,30H,1-2H3,(H,25,26)/p+1. The number of H-pyrrole nitrogens is 1. The molecule has 1 heterocycles. The van der Waals surface area contributed by atoms with Gasteiger partial charge in [-0.25, -0.2) is 0 Å². The summed E-state index contributed by atoms with van der Waals surface area (Å²) in [6, 6.07) is 24.6. The highest BCUT2D eigenvalue weighted by Gasteiger charge is 2.15. The SMILES string of the molecule is Cc1ccccc1-c1cc(Oc2cccc(C(=O)N(C)c3cccc([SH2+])c3)c2)n[nH]1. The average Bonchev–Trinajstić information content (AvgIpc) is 3.21. The Morgan fingerprint density at radius 3 is 2.60 bits per heavy atom.